The van der Waals surface area contributed by atoms with Crippen molar-refractivity contribution in [1.29, 1.82) is 0 Å². The first-order valence-corrected chi connectivity index (χ1v) is 7.18. The van der Waals surface area contributed by atoms with E-state index in [0.717, 1.165) is 45.2 Å². The molecule has 0 amide bonds. The second kappa shape index (κ2) is 6.67. The molecule has 102 valence electrons. The molecule has 2 nitrogen and oxygen atoms in total. The Morgan fingerprint density at radius 3 is 2.79 bits per heavy atom. The molecule has 0 fully saturated rings. The molecule has 0 saturated heterocycles. The van der Waals surface area contributed by atoms with E-state index < -0.39 is 0 Å². The van der Waals surface area contributed by atoms with Crippen LogP contribution in [0, 0.1) is 5.41 Å². The highest BCUT2D eigenvalue weighted by atomic mass is 16.1. The molecule has 0 radical (unpaired) electrons. The maximum atomic E-state index is 11.5. The molecule has 1 aliphatic heterocycles. The van der Waals surface area contributed by atoms with Crippen LogP contribution in [0.3, 0.4) is 0 Å². The van der Waals surface area contributed by atoms with Crippen LogP contribution < -0.4 is 0 Å². The van der Waals surface area contributed by atoms with Crippen molar-refractivity contribution in [3.63, 3.8) is 0 Å². The summed E-state index contributed by atoms with van der Waals surface area (Å²) in [6.07, 6.45) is 8.64. The summed E-state index contributed by atoms with van der Waals surface area (Å²) < 4.78 is 0. The molecule has 19 heavy (non-hydrogen) atoms. The standard InChI is InChI=1S/C17H23NO/c1-2-3-10-17(15-19)11-7-12-18(14-17)13-16-8-5-4-6-9-16/h4-9,11,15H,2-3,10,12-14H2,1H3. The van der Waals surface area contributed by atoms with E-state index in [1.54, 1.807) is 0 Å². The lowest BCUT2D eigenvalue weighted by atomic mass is 9.81. The van der Waals surface area contributed by atoms with Crippen molar-refractivity contribution in [3.05, 3.63) is 48.0 Å². The van der Waals surface area contributed by atoms with Crippen LogP contribution in [0.25, 0.3) is 0 Å². The topological polar surface area (TPSA) is 20.3 Å². The van der Waals surface area contributed by atoms with Crippen molar-refractivity contribution < 1.29 is 4.79 Å². The van der Waals surface area contributed by atoms with Crippen LogP contribution in [0.15, 0.2) is 42.5 Å². The van der Waals surface area contributed by atoms with E-state index in [1.807, 2.05) is 6.07 Å². The highest BCUT2D eigenvalue weighted by molar-refractivity contribution is 5.63. The number of carbonyl (C=O) groups excluding carboxylic acids is 1. The SMILES string of the molecule is CCCCC1(C=O)C=CCN(Cc2ccccc2)C1. The summed E-state index contributed by atoms with van der Waals surface area (Å²) in [5.41, 5.74) is 1.05. The fraction of sp³-hybridized carbons (Fsp3) is 0.471. The molecule has 1 unspecified atom stereocenters. The Morgan fingerprint density at radius 2 is 2.11 bits per heavy atom. The molecule has 2 heteroatoms. The molecule has 0 aromatic heterocycles. The fourth-order valence-corrected chi connectivity index (χ4v) is 2.74. The monoisotopic (exact) mass is 257 g/mol. The molecule has 2 rings (SSSR count). The van der Waals surface area contributed by atoms with Gasteiger partial charge in [-0.15, -0.1) is 0 Å². The molecule has 0 spiro atoms. The largest absolute Gasteiger partial charge is 0.302 e. The minimum Gasteiger partial charge on any atom is -0.302 e. The summed E-state index contributed by atoms with van der Waals surface area (Å²) in [4.78, 5) is 13.9. The normalized spacial score (nSPS) is 23.4. The number of hydrogen-bond donors (Lipinski definition) is 0. The van der Waals surface area contributed by atoms with Crippen molar-refractivity contribution in [2.24, 2.45) is 5.41 Å². The molecule has 1 aromatic carbocycles. The quantitative estimate of drug-likeness (QED) is 0.575. The third-order valence-electron chi connectivity index (χ3n) is 3.81. The number of carbonyl (C=O) groups is 1. The average molecular weight is 257 g/mol. The van der Waals surface area contributed by atoms with Gasteiger partial charge in [0.25, 0.3) is 0 Å². The highest BCUT2D eigenvalue weighted by Gasteiger charge is 2.31. The zero-order valence-corrected chi connectivity index (χ0v) is 11.7. The second-order valence-electron chi connectivity index (χ2n) is 5.51. The summed E-state index contributed by atoms with van der Waals surface area (Å²) in [5, 5.41) is 0. The maximum absolute atomic E-state index is 11.5. The minimum atomic E-state index is -0.261. The van der Waals surface area contributed by atoms with Gasteiger partial charge in [0.05, 0.1) is 5.41 Å². The van der Waals surface area contributed by atoms with Crippen LogP contribution in [-0.2, 0) is 11.3 Å². The van der Waals surface area contributed by atoms with Gasteiger partial charge in [0, 0.05) is 19.6 Å². The van der Waals surface area contributed by atoms with Crippen LogP contribution >= 0.6 is 0 Å². The van der Waals surface area contributed by atoms with Crippen LogP contribution in [0.5, 0.6) is 0 Å². The molecule has 0 bridgehead atoms. The Bertz CT molecular complexity index is 426. The summed E-state index contributed by atoms with van der Waals surface area (Å²) in [6, 6.07) is 10.5. The van der Waals surface area contributed by atoms with Gasteiger partial charge >= 0.3 is 0 Å². The van der Waals surface area contributed by atoms with Gasteiger partial charge in [-0.05, 0) is 12.0 Å². The Balaban J connectivity index is 2.01. The number of rotatable bonds is 6. The van der Waals surface area contributed by atoms with Crippen molar-refractivity contribution in [2.45, 2.75) is 32.7 Å². The van der Waals surface area contributed by atoms with E-state index in [4.69, 9.17) is 0 Å². The lowest BCUT2D eigenvalue weighted by molar-refractivity contribution is -0.115. The summed E-state index contributed by atoms with van der Waals surface area (Å²) >= 11 is 0. The molecule has 1 aliphatic rings. The Hall–Kier alpha value is -1.41. The van der Waals surface area contributed by atoms with Crippen LogP contribution in [0.1, 0.15) is 31.7 Å². The van der Waals surface area contributed by atoms with E-state index in [1.165, 1.54) is 5.56 Å². The highest BCUT2D eigenvalue weighted by Crippen LogP contribution is 2.29. The van der Waals surface area contributed by atoms with Crippen molar-refractivity contribution in [3.8, 4) is 0 Å². The van der Waals surface area contributed by atoms with Crippen molar-refractivity contribution in [2.75, 3.05) is 13.1 Å². The van der Waals surface area contributed by atoms with Gasteiger partial charge in [-0.3, -0.25) is 4.90 Å². The number of unbranched alkanes of at least 4 members (excludes halogenated alkanes) is 1. The summed E-state index contributed by atoms with van der Waals surface area (Å²) in [6.45, 7) is 4.89. The predicted molar refractivity (Wildman–Crippen MR) is 78.9 cm³/mol. The van der Waals surface area contributed by atoms with E-state index >= 15 is 0 Å². The van der Waals surface area contributed by atoms with Gasteiger partial charge in [0.2, 0.25) is 0 Å². The van der Waals surface area contributed by atoms with E-state index in [9.17, 15) is 4.79 Å². The van der Waals surface area contributed by atoms with Crippen LogP contribution in [-0.4, -0.2) is 24.3 Å². The molecule has 1 atom stereocenters. The van der Waals surface area contributed by atoms with Crippen LogP contribution in [0.4, 0.5) is 0 Å². The van der Waals surface area contributed by atoms with Crippen molar-refractivity contribution >= 4 is 6.29 Å². The third kappa shape index (κ3) is 3.77. The first kappa shape index (κ1) is 14.0. The lowest BCUT2D eigenvalue weighted by Gasteiger charge is -2.35. The van der Waals surface area contributed by atoms with Gasteiger partial charge in [-0.2, -0.15) is 0 Å². The van der Waals surface area contributed by atoms with E-state index in [-0.39, 0.29) is 5.41 Å². The lowest BCUT2D eigenvalue weighted by Crippen LogP contribution is -2.40. The van der Waals surface area contributed by atoms with Gasteiger partial charge in [0.15, 0.2) is 0 Å². The maximum Gasteiger partial charge on any atom is 0.131 e. The predicted octanol–water partition coefficient (Wildman–Crippen LogP) is 3.43. The first-order chi connectivity index (χ1) is 9.28. The molecule has 1 heterocycles. The molecular weight excluding hydrogens is 234 g/mol. The Labute approximate surface area is 116 Å². The van der Waals surface area contributed by atoms with E-state index in [2.05, 4.69) is 48.2 Å². The average Bonchev–Trinajstić information content (AvgIpc) is 2.46. The van der Waals surface area contributed by atoms with Gasteiger partial charge in [-0.1, -0.05) is 62.2 Å². The second-order valence-corrected chi connectivity index (χ2v) is 5.51. The number of nitrogens with zero attached hydrogens (tertiary/aromatic N) is 1. The van der Waals surface area contributed by atoms with Crippen LogP contribution in [0.2, 0.25) is 0 Å². The fourth-order valence-electron chi connectivity index (χ4n) is 2.74. The number of hydrogen-bond acceptors (Lipinski definition) is 2. The smallest absolute Gasteiger partial charge is 0.131 e. The Morgan fingerprint density at radius 1 is 1.32 bits per heavy atom. The Kier molecular flexibility index (Phi) is 4.92. The zero-order chi connectivity index (χ0) is 13.6. The van der Waals surface area contributed by atoms with Crippen molar-refractivity contribution in [1.82, 2.24) is 4.90 Å². The minimum absolute atomic E-state index is 0.261. The first-order valence-electron chi connectivity index (χ1n) is 7.18. The zero-order valence-electron chi connectivity index (χ0n) is 11.7. The summed E-state index contributed by atoms with van der Waals surface area (Å²) in [7, 11) is 0. The third-order valence-corrected chi connectivity index (χ3v) is 3.81. The summed E-state index contributed by atoms with van der Waals surface area (Å²) in [5.74, 6) is 0. The van der Waals surface area contributed by atoms with Gasteiger partial charge in [0.1, 0.15) is 6.29 Å². The molecule has 0 saturated carbocycles. The number of benzene rings is 1. The molecule has 0 N–H and O–H groups in total. The number of aldehydes is 1. The van der Waals surface area contributed by atoms with E-state index in [0.29, 0.717) is 0 Å². The molecule has 1 aromatic rings. The molecular formula is C17H23NO. The van der Waals surface area contributed by atoms with Gasteiger partial charge in [-0.25, -0.2) is 0 Å². The van der Waals surface area contributed by atoms with Gasteiger partial charge < -0.3 is 4.79 Å². The molecule has 0 aliphatic carbocycles.